The third-order valence-corrected chi connectivity index (χ3v) is 3.87. The van der Waals surface area contributed by atoms with Crippen molar-refractivity contribution in [2.45, 2.75) is 31.9 Å². The molecule has 1 aliphatic rings. The molecular weight excluding hydrogens is 273 g/mol. The highest BCUT2D eigenvalue weighted by Crippen LogP contribution is 2.19. The van der Waals surface area contributed by atoms with Crippen molar-refractivity contribution in [3.63, 3.8) is 0 Å². The summed E-state index contributed by atoms with van der Waals surface area (Å²) in [5, 5.41) is 2.72. The Morgan fingerprint density at radius 1 is 1.57 bits per heavy atom. The largest absolute Gasteiger partial charge is 0.396 e. The molecule has 2 rings (SSSR count). The summed E-state index contributed by atoms with van der Waals surface area (Å²) >= 11 is 0. The number of anilines is 2. The third-order valence-electron chi connectivity index (χ3n) is 3.87. The number of nitrogens with one attached hydrogen (secondary N) is 1. The molecule has 3 N–H and O–H groups in total. The molecule has 21 heavy (non-hydrogen) atoms. The summed E-state index contributed by atoms with van der Waals surface area (Å²) in [6.07, 6.45) is 1.57. The number of likely N-dealkylation sites (N-methyl/N-ethyl adjacent to an activating group) is 1. The lowest BCUT2D eigenvalue weighted by Gasteiger charge is -2.26. The summed E-state index contributed by atoms with van der Waals surface area (Å²) in [6, 6.07) is 4.53. The van der Waals surface area contributed by atoms with Crippen LogP contribution in [0.25, 0.3) is 0 Å². The lowest BCUT2D eigenvalue weighted by atomic mass is 10.1. The van der Waals surface area contributed by atoms with Gasteiger partial charge < -0.3 is 20.7 Å². The van der Waals surface area contributed by atoms with Crippen molar-refractivity contribution in [1.82, 2.24) is 4.90 Å². The van der Waals surface area contributed by atoms with E-state index in [-0.39, 0.29) is 17.7 Å². The molecule has 5 nitrogen and oxygen atoms in total. The molecule has 0 aliphatic carbocycles. The van der Waals surface area contributed by atoms with Gasteiger partial charge in [0.05, 0.1) is 11.8 Å². The molecule has 1 saturated heterocycles. The van der Waals surface area contributed by atoms with E-state index in [1.807, 2.05) is 7.05 Å². The molecule has 1 aliphatic heterocycles. The van der Waals surface area contributed by atoms with Crippen LogP contribution in [-0.4, -0.2) is 43.2 Å². The maximum absolute atomic E-state index is 13.0. The second-order valence-corrected chi connectivity index (χ2v) is 5.45. The quantitative estimate of drug-likeness (QED) is 0.814. The molecule has 0 aromatic heterocycles. The van der Waals surface area contributed by atoms with E-state index in [2.05, 4.69) is 17.1 Å². The summed E-state index contributed by atoms with van der Waals surface area (Å²) in [4.78, 5) is 14.1. The van der Waals surface area contributed by atoms with Crippen molar-refractivity contribution in [2.75, 3.05) is 31.2 Å². The molecule has 0 spiro atoms. The van der Waals surface area contributed by atoms with E-state index in [0.29, 0.717) is 24.7 Å². The minimum atomic E-state index is -0.483. The Morgan fingerprint density at radius 2 is 2.33 bits per heavy atom. The van der Waals surface area contributed by atoms with Gasteiger partial charge in [-0.05, 0) is 38.6 Å². The fourth-order valence-electron chi connectivity index (χ4n) is 2.59. The number of nitrogens with two attached hydrogens (primary N) is 1. The summed E-state index contributed by atoms with van der Waals surface area (Å²) in [5.74, 6) is -0.595. The van der Waals surface area contributed by atoms with Gasteiger partial charge in [-0.3, -0.25) is 4.79 Å². The van der Waals surface area contributed by atoms with E-state index in [0.717, 1.165) is 13.0 Å². The highest BCUT2D eigenvalue weighted by atomic mass is 19.1. The first-order valence-electron chi connectivity index (χ1n) is 7.14. The predicted octanol–water partition coefficient (Wildman–Crippen LogP) is 1.85. The Labute approximate surface area is 124 Å². The van der Waals surface area contributed by atoms with Crippen LogP contribution in [0.4, 0.5) is 15.8 Å². The Balaban J connectivity index is 1.80. The highest BCUT2D eigenvalue weighted by molar-refractivity contribution is 5.91. The Morgan fingerprint density at radius 3 is 2.95 bits per heavy atom. The molecule has 2 unspecified atom stereocenters. The SMILES string of the molecule is CC1OCCC1N(C)CCC(=O)Nc1ccc(F)c(N)c1. The van der Waals surface area contributed by atoms with E-state index in [4.69, 9.17) is 10.5 Å². The molecule has 1 amide bonds. The van der Waals surface area contributed by atoms with Gasteiger partial charge in [-0.1, -0.05) is 0 Å². The van der Waals surface area contributed by atoms with Crippen LogP contribution in [0.3, 0.4) is 0 Å². The van der Waals surface area contributed by atoms with Crippen LogP contribution in [0.15, 0.2) is 18.2 Å². The zero-order valence-corrected chi connectivity index (χ0v) is 12.4. The molecule has 1 heterocycles. The summed E-state index contributed by atoms with van der Waals surface area (Å²) in [7, 11) is 2.00. The molecular formula is C15H22FN3O2. The lowest BCUT2D eigenvalue weighted by Crippen LogP contribution is -2.38. The monoisotopic (exact) mass is 295 g/mol. The van der Waals surface area contributed by atoms with Crippen molar-refractivity contribution >= 4 is 17.3 Å². The standard InChI is InChI=1S/C15H22FN3O2/c1-10-14(6-8-21-10)19(2)7-5-15(20)18-11-3-4-12(16)13(17)9-11/h3-4,9-10,14H,5-8,17H2,1-2H3,(H,18,20). The van der Waals surface area contributed by atoms with Crippen LogP contribution in [-0.2, 0) is 9.53 Å². The number of carbonyl (C=O) groups is 1. The molecule has 0 bridgehead atoms. The van der Waals surface area contributed by atoms with Gasteiger partial charge in [0.2, 0.25) is 5.91 Å². The number of halogens is 1. The second kappa shape index (κ2) is 6.87. The number of nitrogen functional groups attached to an aromatic ring is 1. The van der Waals surface area contributed by atoms with E-state index in [9.17, 15) is 9.18 Å². The Kier molecular flexibility index (Phi) is 5.14. The van der Waals surface area contributed by atoms with Gasteiger partial charge in [0.15, 0.2) is 0 Å². The van der Waals surface area contributed by atoms with Crippen molar-refractivity contribution < 1.29 is 13.9 Å². The normalized spacial score (nSPS) is 21.7. The van der Waals surface area contributed by atoms with Crippen LogP contribution in [0.2, 0.25) is 0 Å². The van der Waals surface area contributed by atoms with Crippen LogP contribution < -0.4 is 11.1 Å². The number of nitrogens with zero attached hydrogens (tertiary/aromatic N) is 1. The maximum Gasteiger partial charge on any atom is 0.225 e. The van der Waals surface area contributed by atoms with Crippen molar-refractivity contribution in [2.24, 2.45) is 0 Å². The molecule has 1 aromatic rings. The smallest absolute Gasteiger partial charge is 0.225 e. The third kappa shape index (κ3) is 4.15. The highest BCUT2D eigenvalue weighted by Gasteiger charge is 2.27. The Hall–Kier alpha value is -1.66. The van der Waals surface area contributed by atoms with Gasteiger partial charge in [0.1, 0.15) is 5.82 Å². The number of hydrogen-bond acceptors (Lipinski definition) is 4. The predicted molar refractivity (Wildman–Crippen MR) is 80.5 cm³/mol. The van der Waals surface area contributed by atoms with Gasteiger partial charge in [0.25, 0.3) is 0 Å². The minimum absolute atomic E-state index is 0.0295. The summed E-state index contributed by atoms with van der Waals surface area (Å²) in [5.41, 5.74) is 6.01. The van der Waals surface area contributed by atoms with Gasteiger partial charge in [0, 0.05) is 31.3 Å². The number of ether oxygens (including phenoxy) is 1. The van der Waals surface area contributed by atoms with Crippen molar-refractivity contribution in [3.8, 4) is 0 Å². The average Bonchev–Trinajstić information content (AvgIpc) is 2.86. The van der Waals surface area contributed by atoms with E-state index >= 15 is 0 Å². The number of amides is 1. The second-order valence-electron chi connectivity index (χ2n) is 5.45. The van der Waals surface area contributed by atoms with Crippen LogP contribution in [0.5, 0.6) is 0 Å². The first kappa shape index (κ1) is 15.7. The molecule has 2 atom stereocenters. The summed E-state index contributed by atoms with van der Waals surface area (Å²) in [6.45, 7) is 3.48. The number of hydrogen-bond donors (Lipinski definition) is 2. The molecule has 116 valence electrons. The minimum Gasteiger partial charge on any atom is -0.396 e. The zero-order chi connectivity index (χ0) is 15.4. The Bertz CT molecular complexity index is 510. The van der Waals surface area contributed by atoms with E-state index in [1.165, 1.54) is 18.2 Å². The van der Waals surface area contributed by atoms with Gasteiger partial charge >= 0.3 is 0 Å². The van der Waals surface area contributed by atoms with E-state index < -0.39 is 5.82 Å². The molecule has 0 saturated carbocycles. The molecule has 1 aromatic carbocycles. The number of benzene rings is 1. The van der Waals surface area contributed by atoms with Crippen LogP contribution in [0.1, 0.15) is 19.8 Å². The first-order valence-corrected chi connectivity index (χ1v) is 7.14. The van der Waals surface area contributed by atoms with Gasteiger partial charge in [-0.15, -0.1) is 0 Å². The lowest BCUT2D eigenvalue weighted by molar-refractivity contribution is -0.116. The summed E-state index contributed by atoms with van der Waals surface area (Å²) < 4.78 is 18.6. The molecule has 6 heteroatoms. The number of carbonyl (C=O) groups excluding carboxylic acids is 1. The maximum atomic E-state index is 13.0. The molecule has 1 fully saturated rings. The van der Waals surface area contributed by atoms with Gasteiger partial charge in [-0.2, -0.15) is 0 Å². The zero-order valence-electron chi connectivity index (χ0n) is 12.4. The first-order chi connectivity index (χ1) is 9.97. The molecule has 0 radical (unpaired) electrons. The van der Waals surface area contributed by atoms with Crippen LogP contribution in [0, 0.1) is 5.82 Å². The fraction of sp³-hybridized carbons (Fsp3) is 0.533. The average molecular weight is 295 g/mol. The van der Waals surface area contributed by atoms with E-state index in [1.54, 1.807) is 0 Å². The fourth-order valence-corrected chi connectivity index (χ4v) is 2.59. The number of rotatable bonds is 5. The van der Waals surface area contributed by atoms with Crippen molar-refractivity contribution in [1.29, 1.82) is 0 Å². The van der Waals surface area contributed by atoms with Crippen molar-refractivity contribution in [3.05, 3.63) is 24.0 Å². The topological polar surface area (TPSA) is 67.6 Å². The van der Waals surface area contributed by atoms with Crippen LogP contribution >= 0.6 is 0 Å². The van der Waals surface area contributed by atoms with Gasteiger partial charge in [-0.25, -0.2) is 4.39 Å².